The SMILES string of the molecule is Cc1ccc(C(=O)c2ccc(C)c(C)c2)cc1C.Cc1ccc(C(C)(c2ccc(C)c(C)c2)C(F)(F)F)cc1C.Cc1ccc(S(=O)c2ccc(C)c(C)c2)cc1C. The number of hydrogen-bond acceptors (Lipinski definition) is 2. The lowest BCUT2D eigenvalue weighted by molar-refractivity contribution is -0.173. The third-order valence-electron chi connectivity index (χ3n) is 11.7. The second kappa shape index (κ2) is 18.7. The Morgan fingerprint density at radius 2 is 0.672 bits per heavy atom. The van der Waals surface area contributed by atoms with Gasteiger partial charge in [0.2, 0.25) is 0 Å². The van der Waals surface area contributed by atoms with Crippen LogP contribution < -0.4 is 0 Å². The van der Waals surface area contributed by atoms with Crippen molar-refractivity contribution < 1.29 is 22.2 Å². The molecule has 0 fully saturated rings. The van der Waals surface area contributed by atoms with E-state index < -0.39 is 22.4 Å². The Kier molecular flexibility index (Phi) is 14.7. The predicted octanol–water partition coefficient (Wildman–Crippen LogP) is 14.0. The van der Waals surface area contributed by atoms with Crippen LogP contribution in [0.1, 0.15) is 101 Å². The van der Waals surface area contributed by atoms with E-state index in [0.717, 1.165) is 54.3 Å². The van der Waals surface area contributed by atoms with Crippen molar-refractivity contribution in [2.45, 2.75) is 111 Å². The summed E-state index contributed by atoms with van der Waals surface area (Å²) < 4.78 is 54.3. The number of aryl methyl sites for hydroxylation is 12. The Balaban J connectivity index is 0.000000194. The molecule has 0 aliphatic heterocycles. The van der Waals surface area contributed by atoms with E-state index in [1.807, 2.05) is 114 Å². The lowest BCUT2D eigenvalue weighted by Gasteiger charge is -2.34. The molecular formula is C52H57F3O2S. The van der Waals surface area contributed by atoms with Gasteiger partial charge in [-0.15, -0.1) is 0 Å². The van der Waals surface area contributed by atoms with Crippen LogP contribution in [0.5, 0.6) is 0 Å². The lowest BCUT2D eigenvalue weighted by atomic mass is 9.74. The summed E-state index contributed by atoms with van der Waals surface area (Å²) in [6.45, 7) is 25.2. The Morgan fingerprint density at radius 3 is 0.948 bits per heavy atom. The van der Waals surface area contributed by atoms with Gasteiger partial charge < -0.3 is 0 Å². The fourth-order valence-electron chi connectivity index (χ4n) is 6.33. The molecule has 0 saturated heterocycles. The van der Waals surface area contributed by atoms with E-state index in [1.54, 1.807) is 36.4 Å². The van der Waals surface area contributed by atoms with Gasteiger partial charge >= 0.3 is 6.18 Å². The maximum atomic E-state index is 13.9. The first-order chi connectivity index (χ1) is 27.0. The quantitative estimate of drug-likeness (QED) is 0.157. The highest BCUT2D eigenvalue weighted by Crippen LogP contribution is 2.46. The number of ketones is 1. The van der Waals surface area contributed by atoms with Gasteiger partial charge in [-0.05, 0) is 204 Å². The molecule has 2 nitrogen and oxygen atoms in total. The minimum Gasteiger partial charge on any atom is -0.289 e. The zero-order valence-corrected chi connectivity index (χ0v) is 37.1. The van der Waals surface area contributed by atoms with Crippen molar-refractivity contribution in [2.24, 2.45) is 0 Å². The van der Waals surface area contributed by atoms with Crippen LogP contribution in [0.15, 0.2) is 119 Å². The third kappa shape index (κ3) is 10.5. The first-order valence-electron chi connectivity index (χ1n) is 19.5. The fraction of sp³-hybridized carbons (Fsp3) is 0.288. The highest BCUT2D eigenvalue weighted by molar-refractivity contribution is 7.85. The van der Waals surface area contributed by atoms with Gasteiger partial charge in [-0.25, -0.2) is 4.21 Å². The minimum atomic E-state index is -4.36. The third-order valence-corrected chi connectivity index (χ3v) is 13.0. The Bertz CT molecular complexity index is 2200. The summed E-state index contributed by atoms with van der Waals surface area (Å²) in [5, 5.41) is 0. The number of rotatable bonds is 6. The van der Waals surface area contributed by atoms with E-state index >= 15 is 0 Å². The largest absolute Gasteiger partial charge is 0.402 e. The molecule has 0 amide bonds. The van der Waals surface area contributed by atoms with Crippen molar-refractivity contribution in [3.8, 4) is 0 Å². The first kappa shape index (κ1) is 45.6. The lowest BCUT2D eigenvalue weighted by Crippen LogP contribution is -2.40. The minimum absolute atomic E-state index is 0.0983. The summed E-state index contributed by atoms with van der Waals surface area (Å²) in [4.78, 5) is 14.1. The maximum Gasteiger partial charge on any atom is 0.402 e. The average Bonchev–Trinajstić information content (AvgIpc) is 3.17. The van der Waals surface area contributed by atoms with Gasteiger partial charge in [-0.3, -0.25) is 4.79 Å². The fourth-order valence-corrected chi connectivity index (χ4v) is 7.55. The van der Waals surface area contributed by atoms with E-state index in [2.05, 4.69) is 41.5 Å². The number of benzene rings is 6. The Hall–Kier alpha value is -5.07. The van der Waals surface area contributed by atoms with Crippen LogP contribution >= 0.6 is 0 Å². The summed E-state index contributed by atoms with van der Waals surface area (Å²) in [6, 6.07) is 33.7. The standard InChI is InChI=1S/C19H21F3.C17H18O.C16H18OS/c1-12-6-8-16(10-14(12)3)18(5,19(20,21)22)17-9-7-13(2)15(4)11-17;1-11-5-7-15(9-13(11)3)17(18)16-8-6-12(2)14(4)10-16;1-11-5-7-15(9-13(11)3)18(17)16-8-6-12(2)14(4)10-16/h6-11H,1-5H3;2*5-10H,1-4H3. The van der Waals surface area contributed by atoms with E-state index in [0.29, 0.717) is 0 Å². The van der Waals surface area contributed by atoms with E-state index in [1.165, 1.54) is 40.3 Å². The predicted molar refractivity (Wildman–Crippen MR) is 236 cm³/mol. The van der Waals surface area contributed by atoms with Gasteiger partial charge in [-0.1, -0.05) is 72.8 Å². The maximum absolute atomic E-state index is 13.9. The van der Waals surface area contributed by atoms with Crippen LogP contribution in [-0.4, -0.2) is 16.2 Å². The van der Waals surface area contributed by atoms with Crippen molar-refractivity contribution in [3.05, 3.63) is 198 Å². The molecule has 0 aliphatic rings. The zero-order valence-electron chi connectivity index (χ0n) is 36.3. The van der Waals surface area contributed by atoms with Gasteiger partial charge in [-0.2, -0.15) is 13.2 Å². The normalized spacial score (nSPS) is 11.4. The Labute approximate surface area is 347 Å². The van der Waals surface area contributed by atoms with Crippen LogP contribution in [0.4, 0.5) is 13.2 Å². The summed E-state index contributed by atoms with van der Waals surface area (Å²) in [7, 11) is -1.08. The van der Waals surface area contributed by atoms with E-state index in [9.17, 15) is 22.2 Å². The summed E-state index contributed by atoms with van der Waals surface area (Å²) >= 11 is 0. The number of halogens is 3. The number of alkyl halides is 3. The van der Waals surface area contributed by atoms with Crippen LogP contribution in [0.3, 0.4) is 0 Å². The molecule has 0 N–H and O–H groups in total. The highest BCUT2D eigenvalue weighted by Gasteiger charge is 2.53. The van der Waals surface area contributed by atoms with E-state index in [-0.39, 0.29) is 16.9 Å². The summed E-state index contributed by atoms with van der Waals surface area (Å²) in [5.41, 5.74) is 13.4. The molecule has 0 aromatic heterocycles. The van der Waals surface area contributed by atoms with Gasteiger partial charge in [0.05, 0.1) is 10.8 Å². The molecule has 0 aliphatic carbocycles. The summed E-state index contributed by atoms with van der Waals surface area (Å²) in [6.07, 6.45) is -4.36. The molecule has 304 valence electrons. The van der Waals surface area contributed by atoms with Crippen molar-refractivity contribution in [2.75, 3.05) is 0 Å². The number of carbonyl (C=O) groups is 1. The van der Waals surface area contributed by atoms with Gasteiger partial charge in [0.15, 0.2) is 5.78 Å². The smallest absolute Gasteiger partial charge is 0.289 e. The van der Waals surface area contributed by atoms with Crippen LogP contribution in [-0.2, 0) is 16.2 Å². The highest BCUT2D eigenvalue weighted by atomic mass is 32.2. The molecule has 0 unspecified atom stereocenters. The molecule has 0 saturated carbocycles. The van der Waals surface area contributed by atoms with Gasteiger partial charge in [0.1, 0.15) is 5.41 Å². The molecule has 58 heavy (non-hydrogen) atoms. The van der Waals surface area contributed by atoms with Crippen molar-refractivity contribution in [1.29, 1.82) is 0 Å². The molecule has 6 aromatic carbocycles. The molecule has 0 heterocycles. The van der Waals surface area contributed by atoms with Crippen LogP contribution in [0.2, 0.25) is 0 Å². The summed E-state index contributed by atoms with van der Waals surface area (Å²) in [5.74, 6) is 0.0983. The Morgan fingerprint density at radius 1 is 0.397 bits per heavy atom. The first-order valence-corrected chi connectivity index (χ1v) is 20.7. The number of carbonyl (C=O) groups excluding carboxylic acids is 1. The molecule has 0 radical (unpaired) electrons. The van der Waals surface area contributed by atoms with E-state index in [4.69, 9.17) is 0 Å². The molecular weight excluding hydrogens is 746 g/mol. The molecule has 6 aromatic rings. The molecule has 0 bridgehead atoms. The molecule has 6 heteroatoms. The average molecular weight is 803 g/mol. The topological polar surface area (TPSA) is 34.1 Å². The van der Waals surface area contributed by atoms with Gasteiger partial charge in [0.25, 0.3) is 0 Å². The molecule has 0 atom stereocenters. The number of hydrogen-bond donors (Lipinski definition) is 0. The van der Waals surface area contributed by atoms with Crippen molar-refractivity contribution >= 4 is 16.6 Å². The van der Waals surface area contributed by atoms with Crippen molar-refractivity contribution in [1.82, 2.24) is 0 Å². The second-order valence-electron chi connectivity index (χ2n) is 15.9. The zero-order chi connectivity index (χ0) is 43.3. The van der Waals surface area contributed by atoms with Crippen LogP contribution in [0, 0.1) is 83.1 Å². The van der Waals surface area contributed by atoms with Crippen LogP contribution in [0.25, 0.3) is 0 Å². The monoisotopic (exact) mass is 802 g/mol. The molecule has 6 rings (SSSR count). The second-order valence-corrected chi connectivity index (χ2v) is 17.4. The van der Waals surface area contributed by atoms with Crippen molar-refractivity contribution in [3.63, 3.8) is 0 Å². The molecule has 0 spiro atoms. The van der Waals surface area contributed by atoms with Gasteiger partial charge in [0, 0.05) is 20.9 Å².